The van der Waals surface area contributed by atoms with Crippen LogP contribution in [-0.2, 0) is 9.59 Å². The highest BCUT2D eigenvalue weighted by Gasteiger charge is 2.24. The molecule has 0 aliphatic rings. The number of urea groups is 1. The van der Waals surface area contributed by atoms with Gasteiger partial charge >= 0.3 is 12.0 Å². The van der Waals surface area contributed by atoms with Crippen LogP contribution in [-0.4, -0.2) is 28.9 Å². The molecule has 2 rings (SSSR count). The van der Waals surface area contributed by atoms with Gasteiger partial charge in [-0.15, -0.1) is 0 Å². The Bertz CT molecular complexity index is 707. The lowest BCUT2D eigenvalue weighted by molar-refractivity contribution is -0.140. The molecule has 2 aromatic rings. The average molecular weight is 354 g/mol. The number of rotatable bonds is 8. The molecular weight excluding hydrogens is 332 g/mol. The van der Waals surface area contributed by atoms with Crippen molar-refractivity contribution in [2.24, 2.45) is 0 Å². The predicted molar refractivity (Wildman–Crippen MR) is 97.7 cm³/mol. The Balaban J connectivity index is 2.16. The highest BCUT2D eigenvalue weighted by atomic mass is 16.4. The molecule has 0 spiro atoms. The van der Waals surface area contributed by atoms with Gasteiger partial charge in [0.25, 0.3) is 0 Å². The van der Waals surface area contributed by atoms with Gasteiger partial charge in [0.1, 0.15) is 11.8 Å². The minimum Gasteiger partial charge on any atom is -0.480 e. The first-order chi connectivity index (χ1) is 12.5. The zero-order chi connectivity index (χ0) is 18.9. The summed E-state index contributed by atoms with van der Waals surface area (Å²) in [6, 6.07) is 16.4. The van der Waals surface area contributed by atoms with E-state index in [4.69, 9.17) is 0 Å². The molecular formula is C20H22N2O4. The molecule has 0 saturated carbocycles. The number of hydrogen-bond acceptors (Lipinski definition) is 3. The molecule has 6 nitrogen and oxygen atoms in total. The van der Waals surface area contributed by atoms with Gasteiger partial charge in [-0.1, -0.05) is 67.6 Å². The third-order valence-corrected chi connectivity index (χ3v) is 3.97. The fourth-order valence-electron chi connectivity index (χ4n) is 2.55. The van der Waals surface area contributed by atoms with Gasteiger partial charge in [0.2, 0.25) is 0 Å². The van der Waals surface area contributed by atoms with Gasteiger partial charge in [-0.3, -0.25) is 4.79 Å². The van der Waals surface area contributed by atoms with E-state index in [1.54, 1.807) is 6.92 Å². The number of Topliss-reactive ketones (excluding diaryl/α,β-unsaturated/α-hetero) is 1. The quantitative estimate of drug-likeness (QED) is 0.679. The van der Waals surface area contributed by atoms with Gasteiger partial charge in [0.15, 0.2) is 0 Å². The van der Waals surface area contributed by atoms with Crippen LogP contribution in [0.2, 0.25) is 0 Å². The van der Waals surface area contributed by atoms with Crippen LogP contribution < -0.4 is 10.6 Å². The van der Waals surface area contributed by atoms with Crippen LogP contribution in [0.25, 0.3) is 0 Å². The van der Waals surface area contributed by atoms with Crippen LogP contribution in [0.5, 0.6) is 0 Å². The van der Waals surface area contributed by atoms with Crippen molar-refractivity contribution in [1.29, 1.82) is 0 Å². The summed E-state index contributed by atoms with van der Waals surface area (Å²) in [4.78, 5) is 35.2. The molecule has 1 atom stereocenters. The SMILES string of the molecule is CCC(=O)CC(NC(=O)NC(c1ccccc1)c1ccccc1)C(=O)O. The van der Waals surface area contributed by atoms with E-state index in [1.165, 1.54) is 0 Å². The number of carboxylic acids is 1. The van der Waals surface area contributed by atoms with Gasteiger partial charge in [0.05, 0.1) is 6.04 Å². The zero-order valence-corrected chi connectivity index (χ0v) is 14.5. The topological polar surface area (TPSA) is 95.5 Å². The summed E-state index contributed by atoms with van der Waals surface area (Å²) in [7, 11) is 0. The molecule has 136 valence electrons. The molecule has 0 radical (unpaired) electrons. The first-order valence-electron chi connectivity index (χ1n) is 8.42. The van der Waals surface area contributed by atoms with E-state index in [1.807, 2.05) is 60.7 Å². The lowest BCUT2D eigenvalue weighted by Gasteiger charge is -2.22. The summed E-state index contributed by atoms with van der Waals surface area (Å²) < 4.78 is 0. The fourth-order valence-corrected chi connectivity index (χ4v) is 2.55. The van der Waals surface area contributed by atoms with Gasteiger partial charge in [-0.25, -0.2) is 9.59 Å². The summed E-state index contributed by atoms with van der Waals surface area (Å²) in [6.07, 6.45) is -0.00959. The molecule has 1 unspecified atom stereocenters. The maximum Gasteiger partial charge on any atom is 0.326 e. The summed E-state index contributed by atoms with van der Waals surface area (Å²) >= 11 is 0. The Kier molecular flexibility index (Phi) is 6.91. The van der Waals surface area contributed by atoms with E-state index in [2.05, 4.69) is 10.6 Å². The van der Waals surface area contributed by atoms with Crippen molar-refractivity contribution in [2.45, 2.75) is 31.8 Å². The van der Waals surface area contributed by atoms with Gasteiger partial charge in [-0.2, -0.15) is 0 Å². The Morgan fingerprint density at radius 3 is 1.81 bits per heavy atom. The standard InChI is InChI=1S/C20H22N2O4/c1-2-16(23)13-17(19(24)25)21-20(26)22-18(14-9-5-3-6-10-14)15-11-7-4-8-12-15/h3-12,17-18H,2,13H2,1H3,(H,24,25)(H2,21,22,26). The number of ketones is 1. The van der Waals surface area contributed by atoms with E-state index >= 15 is 0 Å². The van der Waals surface area contributed by atoms with Crippen molar-refractivity contribution < 1.29 is 19.5 Å². The molecule has 6 heteroatoms. The number of carbonyl (C=O) groups is 3. The summed E-state index contributed by atoms with van der Waals surface area (Å²) in [5, 5.41) is 14.4. The number of hydrogen-bond donors (Lipinski definition) is 3. The number of carbonyl (C=O) groups excluding carboxylic acids is 2. The Morgan fingerprint density at radius 2 is 1.38 bits per heavy atom. The summed E-state index contributed by atoms with van der Waals surface area (Å²) in [6.45, 7) is 1.65. The highest BCUT2D eigenvalue weighted by Crippen LogP contribution is 2.21. The molecule has 0 aliphatic carbocycles. The molecule has 0 fully saturated rings. The van der Waals surface area contributed by atoms with Crippen molar-refractivity contribution in [3.63, 3.8) is 0 Å². The van der Waals surface area contributed by atoms with Gasteiger partial charge in [-0.05, 0) is 11.1 Å². The van der Waals surface area contributed by atoms with Crippen LogP contribution in [0.1, 0.15) is 36.9 Å². The second-order valence-electron chi connectivity index (χ2n) is 5.86. The third-order valence-electron chi connectivity index (χ3n) is 3.97. The first kappa shape index (κ1) is 19.2. The Labute approximate surface area is 152 Å². The summed E-state index contributed by atoms with van der Waals surface area (Å²) in [5.41, 5.74) is 1.73. The first-order valence-corrected chi connectivity index (χ1v) is 8.42. The van der Waals surface area contributed by atoms with Gasteiger partial charge in [0, 0.05) is 12.8 Å². The molecule has 2 amide bonds. The second kappa shape index (κ2) is 9.36. The average Bonchev–Trinajstić information content (AvgIpc) is 2.66. The number of amides is 2. The van der Waals surface area contributed by atoms with E-state index in [0.717, 1.165) is 11.1 Å². The molecule has 26 heavy (non-hydrogen) atoms. The highest BCUT2D eigenvalue weighted by molar-refractivity contribution is 5.89. The zero-order valence-electron chi connectivity index (χ0n) is 14.5. The van der Waals surface area contributed by atoms with Crippen LogP contribution in [0.4, 0.5) is 4.79 Å². The molecule has 3 N–H and O–H groups in total. The van der Waals surface area contributed by atoms with Crippen molar-refractivity contribution in [2.75, 3.05) is 0 Å². The minimum absolute atomic E-state index is 0.222. The van der Waals surface area contributed by atoms with E-state index < -0.39 is 24.1 Å². The smallest absolute Gasteiger partial charge is 0.326 e. The Hall–Kier alpha value is -3.15. The van der Waals surface area contributed by atoms with Crippen molar-refractivity contribution in [1.82, 2.24) is 10.6 Å². The maximum absolute atomic E-state index is 12.4. The van der Waals surface area contributed by atoms with Crippen LogP contribution >= 0.6 is 0 Å². The van der Waals surface area contributed by atoms with Crippen molar-refractivity contribution in [3.05, 3.63) is 71.8 Å². The van der Waals surface area contributed by atoms with Crippen molar-refractivity contribution >= 4 is 17.8 Å². The van der Waals surface area contributed by atoms with Gasteiger partial charge < -0.3 is 15.7 Å². The van der Waals surface area contributed by atoms with E-state index in [0.29, 0.717) is 0 Å². The van der Waals surface area contributed by atoms with Crippen LogP contribution in [0.15, 0.2) is 60.7 Å². The number of nitrogens with one attached hydrogen (secondary N) is 2. The molecule has 0 aromatic heterocycles. The van der Waals surface area contributed by atoms with Crippen LogP contribution in [0.3, 0.4) is 0 Å². The number of benzene rings is 2. The molecule has 0 aliphatic heterocycles. The molecule has 0 saturated heterocycles. The molecule has 0 bridgehead atoms. The lowest BCUT2D eigenvalue weighted by atomic mass is 9.99. The number of carboxylic acid groups (broad SMARTS) is 1. The van der Waals surface area contributed by atoms with E-state index in [-0.39, 0.29) is 18.6 Å². The normalized spacial score (nSPS) is 11.6. The summed E-state index contributed by atoms with van der Waals surface area (Å²) in [5.74, 6) is -1.46. The Morgan fingerprint density at radius 1 is 0.885 bits per heavy atom. The van der Waals surface area contributed by atoms with E-state index in [9.17, 15) is 19.5 Å². The predicted octanol–water partition coefficient (Wildman–Crippen LogP) is 2.90. The lowest BCUT2D eigenvalue weighted by Crippen LogP contribution is -2.48. The van der Waals surface area contributed by atoms with Crippen LogP contribution in [0, 0.1) is 0 Å². The molecule has 2 aromatic carbocycles. The second-order valence-corrected chi connectivity index (χ2v) is 5.86. The molecule has 0 heterocycles. The van der Waals surface area contributed by atoms with Crippen molar-refractivity contribution in [3.8, 4) is 0 Å². The number of aliphatic carboxylic acids is 1. The fraction of sp³-hybridized carbons (Fsp3) is 0.250. The monoisotopic (exact) mass is 354 g/mol. The third kappa shape index (κ3) is 5.44. The maximum atomic E-state index is 12.4. The minimum atomic E-state index is -1.25. The largest absolute Gasteiger partial charge is 0.480 e.